The van der Waals surface area contributed by atoms with Gasteiger partial charge in [-0.2, -0.15) is 0 Å². The maximum Gasteiger partial charge on any atom is 0.250 e. The first-order valence-corrected chi connectivity index (χ1v) is 24.6. The Morgan fingerprint density at radius 2 is 1.18 bits per heavy atom. The molecule has 0 spiro atoms. The molecule has 268 valence electrons. The largest absolute Gasteiger partial charge is 0.543 e. The van der Waals surface area contributed by atoms with Gasteiger partial charge in [-0.15, -0.1) is 11.3 Å². The first kappa shape index (κ1) is 38.0. The van der Waals surface area contributed by atoms with E-state index in [0.29, 0.717) is 6.54 Å². The molecule has 3 aromatic carbocycles. The topological polar surface area (TPSA) is 51.7 Å². The monoisotopic (exact) mass is 726 g/mol. The number of anilines is 1. The van der Waals surface area contributed by atoms with Crippen LogP contribution in [-0.2, 0) is 16.6 Å². The smallest absolute Gasteiger partial charge is 0.250 e. The number of aryl methyl sites for hydroxylation is 5. The lowest BCUT2D eigenvalue weighted by Gasteiger charge is -2.39. The molecule has 0 bridgehead atoms. The Hall–Kier alpha value is -3.21. The molecule has 50 heavy (non-hydrogen) atoms. The number of benzene rings is 3. The van der Waals surface area contributed by atoms with Crippen LogP contribution in [0.1, 0.15) is 91.1 Å². The molecular weight excluding hydrogens is 669 g/mol. The van der Waals surface area contributed by atoms with Crippen LogP contribution in [0.2, 0.25) is 36.3 Å². The van der Waals surface area contributed by atoms with E-state index in [-0.39, 0.29) is 16.0 Å². The zero-order chi connectivity index (χ0) is 37.2. The molecule has 1 amide bonds. The molecule has 0 radical (unpaired) electrons. The van der Waals surface area contributed by atoms with E-state index in [4.69, 9.17) is 8.85 Å². The summed E-state index contributed by atoms with van der Waals surface area (Å²) in [5.74, 6) is 1.96. The molecule has 5 nitrogen and oxygen atoms in total. The van der Waals surface area contributed by atoms with Gasteiger partial charge >= 0.3 is 0 Å². The highest BCUT2D eigenvalue weighted by Crippen LogP contribution is 2.53. The number of carbonyl (C=O) groups is 1. The minimum absolute atomic E-state index is 0.0619. The predicted molar refractivity (Wildman–Crippen MR) is 217 cm³/mol. The second kappa shape index (κ2) is 13.1. The summed E-state index contributed by atoms with van der Waals surface area (Å²) in [4.78, 5) is 23.2. The molecule has 5 rings (SSSR count). The number of amides is 1. The number of hydrogen-bond donors (Lipinski definition) is 0. The second-order valence-corrected chi connectivity index (χ2v) is 27.8. The lowest BCUT2D eigenvalue weighted by atomic mass is 9.69. The van der Waals surface area contributed by atoms with Gasteiger partial charge in [-0.3, -0.25) is 4.79 Å². The molecular formula is C42H58N2O3SSi2. The van der Waals surface area contributed by atoms with E-state index in [1.165, 1.54) is 4.88 Å². The first-order chi connectivity index (χ1) is 23.0. The van der Waals surface area contributed by atoms with E-state index >= 15 is 4.79 Å². The summed E-state index contributed by atoms with van der Waals surface area (Å²) in [6, 6.07) is 17.2. The van der Waals surface area contributed by atoms with Crippen LogP contribution in [0.25, 0.3) is 0 Å². The van der Waals surface area contributed by atoms with Gasteiger partial charge in [0.1, 0.15) is 16.9 Å². The van der Waals surface area contributed by atoms with Crippen molar-refractivity contribution in [3.05, 3.63) is 104 Å². The maximum absolute atomic E-state index is 15.5. The number of hydrogen-bond acceptors (Lipinski definition) is 5. The van der Waals surface area contributed by atoms with Crippen molar-refractivity contribution >= 4 is 39.6 Å². The van der Waals surface area contributed by atoms with Gasteiger partial charge in [0.05, 0.1) is 11.2 Å². The van der Waals surface area contributed by atoms with Crippen LogP contribution < -0.4 is 13.8 Å². The molecule has 0 atom stereocenters. The summed E-state index contributed by atoms with van der Waals surface area (Å²) in [7, 11) is -4.22. The van der Waals surface area contributed by atoms with E-state index in [1.807, 2.05) is 23.4 Å². The number of para-hydroxylation sites is 1. The molecule has 2 heterocycles. The Balaban J connectivity index is 1.75. The number of aromatic nitrogens is 1. The van der Waals surface area contributed by atoms with E-state index in [1.54, 1.807) is 11.3 Å². The van der Waals surface area contributed by atoms with Crippen LogP contribution in [0, 0.1) is 34.6 Å². The molecule has 1 aromatic heterocycles. The van der Waals surface area contributed by atoms with Gasteiger partial charge in [-0.25, -0.2) is 4.98 Å². The standard InChI is InChI=1S/C42H58N2O3SSi2/c1-27-22-32(23-28(2)37(27)46-49(12,13)40(6,7)8)42(33-24-29(3)38(30(4)25-33)47-50(14,15)41(9,10)11)34-18-16-17-19-35(34)44(39(42)45)21-20-36-31(5)43-26-48-36/h16-19,22-26H,20-21H2,1-15H3. The number of carbonyl (C=O) groups excluding carboxylic acids is 1. The molecule has 0 saturated heterocycles. The normalized spacial score (nSPS) is 15.0. The van der Waals surface area contributed by atoms with E-state index < -0.39 is 22.0 Å². The molecule has 0 saturated carbocycles. The van der Waals surface area contributed by atoms with Gasteiger partial charge in [0.25, 0.3) is 16.6 Å². The van der Waals surface area contributed by atoms with Crippen molar-refractivity contribution in [1.29, 1.82) is 0 Å². The molecule has 0 unspecified atom stereocenters. The van der Waals surface area contributed by atoms with Crippen molar-refractivity contribution in [3.63, 3.8) is 0 Å². The molecule has 0 aliphatic carbocycles. The number of thiazole rings is 1. The average molecular weight is 727 g/mol. The van der Waals surface area contributed by atoms with Gasteiger partial charge < -0.3 is 13.8 Å². The minimum atomic E-state index is -2.11. The SMILES string of the molecule is Cc1cc(C2(c3cc(C)c(O[Si](C)(C)C(C)(C)C)c(C)c3)C(=O)N(CCc3scnc3C)c3ccccc32)cc(C)c1O[Si](C)(C)C(C)(C)C. The highest BCUT2D eigenvalue weighted by molar-refractivity contribution is 7.09. The predicted octanol–water partition coefficient (Wildman–Crippen LogP) is 11.4. The van der Waals surface area contributed by atoms with Crippen molar-refractivity contribution < 1.29 is 13.6 Å². The summed E-state index contributed by atoms with van der Waals surface area (Å²) >= 11 is 1.66. The van der Waals surface area contributed by atoms with Crippen molar-refractivity contribution in [2.75, 3.05) is 11.4 Å². The van der Waals surface area contributed by atoms with Gasteiger partial charge in [0, 0.05) is 29.1 Å². The van der Waals surface area contributed by atoms with Crippen molar-refractivity contribution in [3.8, 4) is 11.5 Å². The van der Waals surface area contributed by atoms with Gasteiger partial charge in [0.15, 0.2) is 0 Å². The molecule has 0 N–H and O–H groups in total. The third-order valence-electron chi connectivity index (χ3n) is 11.7. The molecule has 1 aliphatic heterocycles. The second-order valence-electron chi connectivity index (χ2n) is 17.4. The minimum Gasteiger partial charge on any atom is -0.543 e. The van der Waals surface area contributed by atoms with Crippen LogP contribution >= 0.6 is 11.3 Å². The lowest BCUT2D eigenvalue weighted by molar-refractivity contribution is -0.120. The molecule has 4 aromatic rings. The van der Waals surface area contributed by atoms with Crippen LogP contribution in [0.15, 0.2) is 54.0 Å². The highest BCUT2D eigenvalue weighted by atomic mass is 32.1. The first-order valence-electron chi connectivity index (χ1n) is 17.9. The summed E-state index contributed by atoms with van der Waals surface area (Å²) in [5, 5.41) is 0.124. The van der Waals surface area contributed by atoms with Crippen molar-refractivity contribution in [2.45, 2.75) is 124 Å². The number of fused-ring (bicyclic) bond motifs is 1. The zero-order valence-corrected chi connectivity index (χ0v) is 36.0. The van der Waals surface area contributed by atoms with Crippen LogP contribution in [0.4, 0.5) is 5.69 Å². The molecule has 8 heteroatoms. The Morgan fingerprint density at radius 3 is 1.58 bits per heavy atom. The van der Waals surface area contributed by atoms with Crippen LogP contribution in [0.5, 0.6) is 11.5 Å². The fraction of sp³-hybridized carbons (Fsp3) is 0.476. The molecule has 1 aliphatic rings. The number of rotatable bonds is 9. The summed E-state index contributed by atoms with van der Waals surface area (Å²) < 4.78 is 13.9. The Kier molecular flexibility index (Phi) is 9.95. The Morgan fingerprint density at radius 1 is 0.740 bits per heavy atom. The van der Waals surface area contributed by atoms with Crippen molar-refractivity contribution in [1.82, 2.24) is 4.98 Å². The molecule has 0 fully saturated rings. The fourth-order valence-electron chi connectivity index (χ4n) is 6.65. The van der Waals surface area contributed by atoms with Gasteiger partial charge in [0.2, 0.25) is 5.91 Å². The quantitative estimate of drug-likeness (QED) is 0.161. The summed E-state index contributed by atoms with van der Waals surface area (Å²) in [5.41, 5.74) is 10.0. The van der Waals surface area contributed by atoms with E-state index in [0.717, 1.165) is 68.2 Å². The summed E-state index contributed by atoms with van der Waals surface area (Å²) in [6.45, 7) is 34.0. The lowest BCUT2D eigenvalue weighted by Crippen LogP contribution is -2.45. The van der Waals surface area contributed by atoms with Crippen molar-refractivity contribution in [2.24, 2.45) is 0 Å². The highest BCUT2D eigenvalue weighted by Gasteiger charge is 2.54. The van der Waals surface area contributed by atoms with E-state index in [9.17, 15) is 0 Å². The Bertz CT molecular complexity index is 1800. The summed E-state index contributed by atoms with van der Waals surface area (Å²) in [6.07, 6.45) is 0.751. The third kappa shape index (κ3) is 6.52. The van der Waals surface area contributed by atoms with Gasteiger partial charge in [-0.05, 0) is 110 Å². The van der Waals surface area contributed by atoms with Crippen LogP contribution in [-0.4, -0.2) is 34.1 Å². The average Bonchev–Trinajstić information content (AvgIpc) is 3.51. The number of nitrogens with zero attached hydrogens (tertiary/aromatic N) is 2. The van der Waals surface area contributed by atoms with E-state index in [2.05, 4.69) is 143 Å². The Labute approximate surface area is 307 Å². The zero-order valence-electron chi connectivity index (χ0n) is 33.1. The maximum atomic E-state index is 15.5. The fourth-order valence-corrected chi connectivity index (χ4v) is 9.70. The van der Waals surface area contributed by atoms with Crippen LogP contribution in [0.3, 0.4) is 0 Å². The van der Waals surface area contributed by atoms with Gasteiger partial charge in [-0.1, -0.05) is 84.0 Å². The third-order valence-corrected chi connectivity index (χ3v) is 21.3.